The molecule has 6 heteroatoms. The molecule has 0 spiro atoms. The number of hydrogen-bond acceptors (Lipinski definition) is 3. The number of amides is 2. The van der Waals surface area contributed by atoms with Crippen LogP contribution in [-0.2, 0) is 16.1 Å². The van der Waals surface area contributed by atoms with Gasteiger partial charge in [0.25, 0.3) is 0 Å². The zero-order valence-corrected chi connectivity index (χ0v) is 13.2. The maximum Gasteiger partial charge on any atom is 0.313 e. The lowest BCUT2D eigenvalue weighted by atomic mass is 10.2. The topological polar surface area (TPSA) is 58.2 Å². The molecule has 0 atom stereocenters. The normalized spacial score (nSPS) is 10.1. The van der Waals surface area contributed by atoms with Crippen LogP contribution < -0.4 is 10.6 Å². The Morgan fingerprint density at radius 1 is 1.25 bits per heavy atom. The fourth-order valence-electron chi connectivity index (χ4n) is 1.57. The summed E-state index contributed by atoms with van der Waals surface area (Å²) in [6.45, 7) is 2.28. The highest BCUT2D eigenvalue weighted by Gasteiger charge is 2.13. The van der Waals surface area contributed by atoms with Gasteiger partial charge in [0, 0.05) is 15.0 Å². The van der Waals surface area contributed by atoms with E-state index in [1.807, 2.05) is 30.5 Å². The van der Waals surface area contributed by atoms with Gasteiger partial charge in [-0.3, -0.25) is 9.59 Å². The van der Waals surface area contributed by atoms with E-state index in [4.69, 9.17) is 0 Å². The molecule has 4 nitrogen and oxygen atoms in total. The van der Waals surface area contributed by atoms with Crippen LogP contribution in [0.15, 0.2) is 40.2 Å². The second-order valence-corrected chi connectivity index (χ2v) is 6.07. The zero-order valence-electron chi connectivity index (χ0n) is 10.8. The molecular weight excluding hydrogens is 340 g/mol. The van der Waals surface area contributed by atoms with Crippen LogP contribution >= 0.6 is 27.3 Å². The number of nitrogens with one attached hydrogen (secondary N) is 2. The second kappa shape index (κ2) is 6.67. The van der Waals surface area contributed by atoms with E-state index in [2.05, 4.69) is 26.6 Å². The Labute approximate surface area is 129 Å². The van der Waals surface area contributed by atoms with Crippen molar-refractivity contribution >= 4 is 44.8 Å². The van der Waals surface area contributed by atoms with Gasteiger partial charge in [-0.05, 0) is 42.1 Å². The third kappa shape index (κ3) is 3.91. The minimum atomic E-state index is -0.664. The number of rotatable bonds is 3. The number of anilines is 1. The van der Waals surface area contributed by atoms with Gasteiger partial charge < -0.3 is 10.6 Å². The third-order valence-corrected chi connectivity index (χ3v) is 4.39. The molecule has 0 aliphatic heterocycles. The first-order valence-corrected chi connectivity index (χ1v) is 7.61. The molecule has 2 amide bonds. The summed E-state index contributed by atoms with van der Waals surface area (Å²) < 4.78 is 0.956. The summed E-state index contributed by atoms with van der Waals surface area (Å²) >= 11 is 4.91. The smallest absolute Gasteiger partial charge is 0.313 e. The summed E-state index contributed by atoms with van der Waals surface area (Å²) in [7, 11) is 0. The lowest BCUT2D eigenvalue weighted by Gasteiger charge is -2.07. The van der Waals surface area contributed by atoms with E-state index < -0.39 is 11.8 Å². The van der Waals surface area contributed by atoms with Crippen molar-refractivity contribution < 1.29 is 9.59 Å². The molecule has 0 bridgehead atoms. The maximum atomic E-state index is 11.7. The minimum absolute atomic E-state index is 0.364. The zero-order chi connectivity index (χ0) is 14.5. The molecule has 20 heavy (non-hydrogen) atoms. The summed E-state index contributed by atoms with van der Waals surface area (Å²) in [6.07, 6.45) is 0. The Hall–Kier alpha value is -1.66. The summed E-state index contributed by atoms with van der Waals surface area (Å²) in [4.78, 5) is 24.4. The molecule has 1 aromatic carbocycles. The molecular formula is C14H13BrN2O2S. The standard InChI is InChI=1S/C14H13BrN2O2S/c1-9-7-10(4-5-12(9)15)17-14(19)13(18)16-8-11-3-2-6-20-11/h2-7H,8H2,1H3,(H,16,18)(H,17,19). The van der Waals surface area contributed by atoms with Crippen molar-refractivity contribution in [3.05, 3.63) is 50.6 Å². The van der Waals surface area contributed by atoms with Gasteiger partial charge in [-0.2, -0.15) is 0 Å². The average molecular weight is 353 g/mol. The number of aryl methyl sites for hydroxylation is 1. The number of thiophene rings is 1. The van der Waals surface area contributed by atoms with Gasteiger partial charge in [-0.1, -0.05) is 22.0 Å². The summed E-state index contributed by atoms with van der Waals surface area (Å²) in [5, 5.41) is 7.08. The number of carbonyl (C=O) groups is 2. The molecule has 0 aliphatic rings. The van der Waals surface area contributed by atoms with Gasteiger partial charge in [-0.15, -0.1) is 11.3 Å². The van der Waals surface area contributed by atoms with Crippen molar-refractivity contribution in [2.45, 2.75) is 13.5 Å². The van der Waals surface area contributed by atoms with Crippen LogP contribution in [-0.4, -0.2) is 11.8 Å². The van der Waals surface area contributed by atoms with Crippen molar-refractivity contribution in [3.8, 4) is 0 Å². The fourth-order valence-corrected chi connectivity index (χ4v) is 2.46. The number of halogens is 1. The van der Waals surface area contributed by atoms with E-state index in [9.17, 15) is 9.59 Å². The first-order chi connectivity index (χ1) is 9.56. The van der Waals surface area contributed by atoms with Gasteiger partial charge in [-0.25, -0.2) is 0 Å². The van der Waals surface area contributed by atoms with Crippen LogP contribution in [0.2, 0.25) is 0 Å². The minimum Gasteiger partial charge on any atom is -0.343 e. The molecule has 0 saturated heterocycles. The first-order valence-electron chi connectivity index (χ1n) is 5.94. The number of carbonyl (C=O) groups excluding carboxylic acids is 2. The van der Waals surface area contributed by atoms with Crippen LogP contribution in [0.5, 0.6) is 0 Å². The highest BCUT2D eigenvalue weighted by Crippen LogP contribution is 2.19. The van der Waals surface area contributed by atoms with Crippen LogP contribution in [0, 0.1) is 6.92 Å². The highest BCUT2D eigenvalue weighted by atomic mass is 79.9. The fraction of sp³-hybridized carbons (Fsp3) is 0.143. The molecule has 0 unspecified atom stereocenters. The molecule has 1 heterocycles. The summed E-state index contributed by atoms with van der Waals surface area (Å²) in [6, 6.07) is 9.17. The molecule has 0 fully saturated rings. The van der Waals surface area contributed by atoms with Gasteiger partial charge in [0.05, 0.1) is 6.54 Å². The Balaban J connectivity index is 1.90. The lowest BCUT2D eigenvalue weighted by Crippen LogP contribution is -2.34. The van der Waals surface area contributed by atoms with Crippen molar-refractivity contribution in [1.29, 1.82) is 0 Å². The number of benzene rings is 1. The second-order valence-electron chi connectivity index (χ2n) is 4.18. The molecule has 0 radical (unpaired) electrons. The number of hydrogen-bond donors (Lipinski definition) is 2. The van der Waals surface area contributed by atoms with E-state index in [1.165, 1.54) is 11.3 Å². The van der Waals surface area contributed by atoms with Gasteiger partial charge in [0.15, 0.2) is 0 Å². The van der Waals surface area contributed by atoms with E-state index in [0.717, 1.165) is 14.9 Å². The SMILES string of the molecule is Cc1cc(NC(=O)C(=O)NCc2cccs2)ccc1Br. The lowest BCUT2D eigenvalue weighted by molar-refractivity contribution is -0.136. The van der Waals surface area contributed by atoms with Gasteiger partial charge in [0.2, 0.25) is 0 Å². The summed E-state index contributed by atoms with van der Waals surface area (Å²) in [5.74, 6) is -1.30. The van der Waals surface area contributed by atoms with Crippen LogP contribution in [0.25, 0.3) is 0 Å². The van der Waals surface area contributed by atoms with E-state index >= 15 is 0 Å². The average Bonchev–Trinajstić information content (AvgIpc) is 2.93. The predicted octanol–water partition coefficient (Wildman–Crippen LogP) is 3.07. The molecule has 2 N–H and O–H groups in total. The van der Waals surface area contributed by atoms with E-state index in [-0.39, 0.29) is 0 Å². The van der Waals surface area contributed by atoms with Crippen molar-refractivity contribution in [3.63, 3.8) is 0 Å². The first kappa shape index (κ1) is 14.7. The van der Waals surface area contributed by atoms with Crippen molar-refractivity contribution in [2.24, 2.45) is 0 Å². The molecule has 2 aromatic rings. The Morgan fingerprint density at radius 2 is 2.05 bits per heavy atom. The van der Waals surface area contributed by atoms with Crippen molar-refractivity contribution in [2.75, 3.05) is 5.32 Å². The monoisotopic (exact) mass is 352 g/mol. The predicted molar refractivity (Wildman–Crippen MR) is 83.7 cm³/mol. The van der Waals surface area contributed by atoms with Gasteiger partial charge >= 0.3 is 11.8 Å². The Bertz CT molecular complexity index is 626. The largest absolute Gasteiger partial charge is 0.343 e. The van der Waals surface area contributed by atoms with E-state index in [0.29, 0.717) is 12.2 Å². The van der Waals surface area contributed by atoms with Gasteiger partial charge in [0.1, 0.15) is 0 Å². The van der Waals surface area contributed by atoms with Crippen LogP contribution in [0.4, 0.5) is 5.69 Å². The molecule has 104 valence electrons. The third-order valence-electron chi connectivity index (χ3n) is 2.63. The quantitative estimate of drug-likeness (QED) is 0.834. The molecule has 0 aliphatic carbocycles. The summed E-state index contributed by atoms with van der Waals surface area (Å²) in [5.41, 5.74) is 1.59. The molecule has 1 aromatic heterocycles. The Kier molecular flexibility index (Phi) is 4.92. The Morgan fingerprint density at radius 3 is 2.70 bits per heavy atom. The van der Waals surface area contributed by atoms with E-state index in [1.54, 1.807) is 12.1 Å². The van der Waals surface area contributed by atoms with Crippen LogP contribution in [0.1, 0.15) is 10.4 Å². The molecule has 2 rings (SSSR count). The van der Waals surface area contributed by atoms with Crippen LogP contribution in [0.3, 0.4) is 0 Å². The van der Waals surface area contributed by atoms with Crippen molar-refractivity contribution in [1.82, 2.24) is 5.32 Å². The maximum absolute atomic E-state index is 11.7. The molecule has 0 saturated carbocycles. The highest BCUT2D eigenvalue weighted by molar-refractivity contribution is 9.10.